The van der Waals surface area contributed by atoms with Gasteiger partial charge in [0.25, 0.3) is 5.91 Å². The summed E-state index contributed by atoms with van der Waals surface area (Å²) in [5.41, 5.74) is 6.99. The molecule has 4 fully saturated rings. The Kier molecular flexibility index (Phi) is 10.1. The van der Waals surface area contributed by atoms with Crippen molar-refractivity contribution in [3.63, 3.8) is 0 Å². The molecule has 6 heterocycles. The van der Waals surface area contributed by atoms with Crippen LogP contribution in [0.5, 0.6) is 17.2 Å². The Morgan fingerprint density at radius 1 is 0.889 bits per heavy atom. The summed E-state index contributed by atoms with van der Waals surface area (Å²) in [6.45, 7) is 6.49. The van der Waals surface area contributed by atoms with Crippen LogP contribution in [0.3, 0.4) is 0 Å². The van der Waals surface area contributed by atoms with Crippen LogP contribution in [0.1, 0.15) is 88.5 Å². The lowest BCUT2D eigenvalue weighted by atomic mass is 9.69. The molecule has 3 amide bonds. The first-order valence-electron chi connectivity index (χ1n) is 22.7. The van der Waals surface area contributed by atoms with Gasteiger partial charge in [-0.3, -0.25) is 24.6 Å². The summed E-state index contributed by atoms with van der Waals surface area (Å²) >= 11 is 0. The first-order chi connectivity index (χ1) is 30.6. The van der Waals surface area contributed by atoms with E-state index in [2.05, 4.69) is 44.3 Å². The molecular weight excluding hydrogens is 802 g/mol. The number of benzene rings is 4. The van der Waals surface area contributed by atoms with Crippen molar-refractivity contribution in [2.45, 2.75) is 81.0 Å². The van der Waals surface area contributed by atoms with Crippen molar-refractivity contribution >= 4 is 29.1 Å². The number of imide groups is 1. The number of nitrogens with zero attached hydrogens (tertiary/aromatic N) is 4. The van der Waals surface area contributed by atoms with Gasteiger partial charge in [0.05, 0.1) is 43.3 Å². The minimum absolute atomic E-state index is 0.124. The molecule has 1 aliphatic carbocycles. The van der Waals surface area contributed by atoms with Gasteiger partial charge in [0, 0.05) is 74.4 Å². The van der Waals surface area contributed by atoms with Gasteiger partial charge in [0.2, 0.25) is 11.8 Å². The van der Waals surface area contributed by atoms with Crippen LogP contribution >= 0.6 is 0 Å². The minimum atomic E-state index is -0.660. The van der Waals surface area contributed by atoms with Crippen LogP contribution in [-0.4, -0.2) is 110 Å². The summed E-state index contributed by atoms with van der Waals surface area (Å²) in [7, 11) is 1.67. The second-order valence-electron chi connectivity index (χ2n) is 18.8. The third-order valence-electron chi connectivity index (χ3n) is 15.2. The van der Waals surface area contributed by atoms with E-state index >= 15 is 4.39 Å². The van der Waals surface area contributed by atoms with Gasteiger partial charge in [0.1, 0.15) is 35.7 Å². The van der Waals surface area contributed by atoms with Gasteiger partial charge in [-0.2, -0.15) is 0 Å². The van der Waals surface area contributed by atoms with Crippen LogP contribution < -0.4 is 24.6 Å². The number of nitrogens with one attached hydrogen (secondary N) is 1. The average Bonchev–Trinajstić information content (AvgIpc) is 3.85. The molecule has 1 unspecified atom stereocenters. The van der Waals surface area contributed by atoms with Crippen LogP contribution in [0.2, 0.25) is 0 Å². The lowest BCUT2D eigenvalue weighted by Crippen LogP contribution is -2.58. The van der Waals surface area contributed by atoms with Crippen molar-refractivity contribution in [3.05, 3.63) is 112 Å². The highest BCUT2D eigenvalue weighted by Crippen LogP contribution is 2.51. The fraction of sp³-hybridized carbons (Fsp3) is 0.460. The molecule has 4 saturated heterocycles. The number of methoxy groups -OCH3 is 1. The molecule has 0 radical (unpaired) electrons. The quantitative estimate of drug-likeness (QED) is 0.210. The van der Waals surface area contributed by atoms with Crippen molar-refractivity contribution in [2.75, 3.05) is 69.4 Å². The highest BCUT2D eigenvalue weighted by atomic mass is 19.1. The molecule has 6 aliphatic heterocycles. The van der Waals surface area contributed by atoms with Crippen molar-refractivity contribution in [3.8, 4) is 17.2 Å². The highest BCUT2D eigenvalue weighted by molar-refractivity contribution is 6.06. The van der Waals surface area contributed by atoms with Crippen LogP contribution in [0.15, 0.2) is 72.8 Å². The number of hydrogen-bond donors (Lipinski definition) is 2. The number of ether oxygens (including phenoxy) is 3. The number of phenols is 1. The van der Waals surface area contributed by atoms with Crippen molar-refractivity contribution in [2.24, 2.45) is 5.92 Å². The number of amides is 3. The lowest BCUT2D eigenvalue weighted by molar-refractivity contribution is -0.136. The first-order valence-corrected chi connectivity index (χ1v) is 22.7. The maximum atomic E-state index is 16.5. The Morgan fingerprint density at radius 2 is 1.73 bits per heavy atom. The molecule has 0 saturated carbocycles. The van der Waals surface area contributed by atoms with E-state index in [9.17, 15) is 19.5 Å². The number of carbonyl (C=O) groups excluding carboxylic acids is 3. The van der Waals surface area contributed by atoms with Crippen LogP contribution in [0, 0.1) is 11.7 Å². The van der Waals surface area contributed by atoms with Gasteiger partial charge in [-0.05, 0) is 97.4 Å². The fourth-order valence-electron chi connectivity index (χ4n) is 12.1. The molecule has 2 N–H and O–H groups in total. The van der Waals surface area contributed by atoms with E-state index in [4.69, 9.17) is 14.2 Å². The van der Waals surface area contributed by atoms with E-state index in [1.807, 2.05) is 36.4 Å². The van der Waals surface area contributed by atoms with E-state index < -0.39 is 11.9 Å². The maximum absolute atomic E-state index is 16.5. The van der Waals surface area contributed by atoms with Gasteiger partial charge >= 0.3 is 0 Å². The number of hydrogen-bond acceptors (Lipinski definition) is 10. The Bertz CT molecular complexity index is 2470. The summed E-state index contributed by atoms with van der Waals surface area (Å²) < 4.78 is 35.7. The second kappa shape index (κ2) is 15.8. The molecule has 0 bridgehead atoms. The summed E-state index contributed by atoms with van der Waals surface area (Å²) in [4.78, 5) is 46.5. The second-order valence-corrected chi connectivity index (χ2v) is 18.8. The van der Waals surface area contributed by atoms with E-state index in [0.29, 0.717) is 62.2 Å². The predicted molar refractivity (Wildman–Crippen MR) is 234 cm³/mol. The molecule has 13 heteroatoms. The van der Waals surface area contributed by atoms with Crippen molar-refractivity contribution < 1.29 is 38.1 Å². The number of carbonyl (C=O) groups is 3. The number of anilines is 2. The molecule has 4 aromatic carbocycles. The topological polar surface area (TPSA) is 124 Å². The first kappa shape index (κ1) is 40.1. The van der Waals surface area contributed by atoms with Crippen molar-refractivity contribution in [1.29, 1.82) is 0 Å². The van der Waals surface area contributed by atoms with E-state index in [0.717, 1.165) is 92.0 Å². The Balaban J connectivity index is 0.728. The summed E-state index contributed by atoms with van der Waals surface area (Å²) in [5.74, 6) is 0.931. The van der Waals surface area contributed by atoms with Gasteiger partial charge in [-0.1, -0.05) is 36.4 Å². The summed E-state index contributed by atoms with van der Waals surface area (Å²) in [6.07, 6.45) is 4.92. The van der Waals surface area contributed by atoms with Gasteiger partial charge in [-0.15, -0.1) is 0 Å². The third kappa shape index (κ3) is 7.08. The molecule has 63 heavy (non-hydrogen) atoms. The minimum Gasteiger partial charge on any atom is -0.508 e. The highest BCUT2D eigenvalue weighted by Gasteiger charge is 2.46. The van der Waals surface area contributed by atoms with Crippen LogP contribution in [0.25, 0.3) is 0 Å². The van der Waals surface area contributed by atoms with Crippen molar-refractivity contribution in [1.82, 2.24) is 15.1 Å². The van der Waals surface area contributed by atoms with E-state index in [-0.39, 0.29) is 53.3 Å². The Hall–Kier alpha value is -5.66. The lowest BCUT2D eigenvalue weighted by Gasteiger charge is -2.46. The Labute approximate surface area is 366 Å². The number of rotatable bonds is 7. The number of fused-ring (bicyclic) bond motifs is 6. The molecule has 11 rings (SSSR count). The number of halogens is 1. The largest absolute Gasteiger partial charge is 0.508 e. The third-order valence-corrected chi connectivity index (χ3v) is 15.2. The molecule has 328 valence electrons. The average molecular weight is 856 g/mol. The normalized spacial score (nSPS) is 26.5. The standard InChI is InChI=1S/C50H54FN5O7/c1-61-44-23-43(40(51)22-38(44)46-35(31-5-3-2-4-6-31)9-7-32-21-34(57)8-10-36(32)46)54-17-15-50(16-18-54)24-30(28-63-50)25-53-19-20-55-33(26-53)29-62-47-39-27-56(42-13-14-45(58)52-48(42)59)49(60)37(39)11-12-41(47)55/h2-6,8,10-12,21-23,30,33,35,42,46,57H,7,9,13-20,24-29H2,1H3,(H,52,58,59)/t30-,33-,35-,42?,46+/m1/s1. The number of aromatic hydroxyl groups is 1. The summed E-state index contributed by atoms with van der Waals surface area (Å²) in [5, 5.41) is 12.7. The summed E-state index contributed by atoms with van der Waals surface area (Å²) in [6, 6.07) is 23.0. The molecule has 4 aromatic rings. The monoisotopic (exact) mass is 855 g/mol. The molecule has 1 spiro atoms. The zero-order valence-corrected chi connectivity index (χ0v) is 35.7. The zero-order valence-electron chi connectivity index (χ0n) is 35.7. The molecule has 7 aliphatic rings. The van der Waals surface area contributed by atoms with E-state index in [1.54, 1.807) is 24.1 Å². The maximum Gasteiger partial charge on any atom is 0.255 e. The number of piperazine rings is 1. The number of aryl methyl sites for hydroxylation is 1. The SMILES string of the molecule is COc1cc(N2CCC3(CC2)C[C@H](CN2CCN4c5ccc6c(c5OC[C@H]4C2)CN(C2CCC(=O)NC2=O)C6=O)CO3)c(F)cc1[C@@H]1c2ccc(O)cc2CC[C@@H]1c1ccccc1. The van der Waals surface area contributed by atoms with Gasteiger partial charge < -0.3 is 34.0 Å². The smallest absolute Gasteiger partial charge is 0.255 e. The molecule has 0 aromatic heterocycles. The van der Waals surface area contributed by atoms with Crippen LogP contribution in [-0.2, 0) is 27.3 Å². The molecule has 5 atom stereocenters. The predicted octanol–water partition coefficient (Wildman–Crippen LogP) is 6.12. The van der Waals surface area contributed by atoms with E-state index in [1.165, 1.54) is 5.56 Å². The van der Waals surface area contributed by atoms with Crippen LogP contribution in [0.4, 0.5) is 15.8 Å². The number of phenolic OH excluding ortho intramolecular Hbond substituents is 1. The van der Waals surface area contributed by atoms with Gasteiger partial charge in [0.15, 0.2) is 0 Å². The Morgan fingerprint density at radius 3 is 2.54 bits per heavy atom. The van der Waals surface area contributed by atoms with Gasteiger partial charge in [-0.25, -0.2) is 4.39 Å². The zero-order chi connectivity index (χ0) is 43.0. The molecule has 12 nitrogen and oxygen atoms in total. The number of piperidine rings is 2. The fourth-order valence-corrected chi connectivity index (χ4v) is 12.1. The molecular formula is C50H54FN5O7.